The predicted octanol–water partition coefficient (Wildman–Crippen LogP) is 11.2. The lowest BCUT2D eigenvalue weighted by Gasteiger charge is -2.35. The number of fused-ring (bicyclic) bond motifs is 5. The first-order valence-electron chi connectivity index (χ1n) is 17.9. The van der Waals surface area contributed by atoms with Crippen LogP contribution in [0.25, 0.3) is 53.6 Å². The van der Waals surface area contributed by atoms with Crippen molar-refractivity contribution in [2.75, 3.05) is 26.4 Å². The van der Waals surface area contributed by atoms with Crippen molar-refractivity contribution in [1.29, 1.82) is 0 Å². The second kappa shape index (κ2) is 13.6. The van der Waals surface area contributed by atoms with Crippen molar-refractivity contribution in [3.05, 3.63) is 165 Å². The van der Waals surface area contributed by atoms with E-state index < -0.39 is 5.41 Å². The van der Waals surface area contributed by atoms with E-state index >= 15 is 0 Å². The number of ether oxygens (including phenoxy) is 2. The first-order chi connectivity index (χ1) is 26.0. The molecule has 2 heterocycles. The third-order valence-electron chi connectivity index (χ3n) is 10.6. The SMILES string of the molecule is Cc1cc(C2(c3ccc(OCCO)c(C)c3)c3cc(-c4csc5ccccc45)ccc3-c3ccc(-c4csc5ccccc45)cc32)ccc1OCCO. The van der Waals surface area contributed by atoms with Gasteiger partial charge in [-0.25, -0.2) is 0 Å². The van der Waals surface area contributed by atoms with Crippen molar-refractivity contribution in [2.24, 2.45) is 0 Å². The maximum atomic E-state index is 9.55. The number of aliphatic hydroxyl groups excluding tert-OH is 2. The van der Waals surface area contributed by atoms with Crippen molar-refractivity contribution in [1.82, 2.24) is 0 Å². The Morgan fingerprint density at radius 2 is 0.962 bits per heavy atom. The zero-order valence-corrected chi connectivity index (χ0v) is 31.2. The summed E-state index contributed by atoms with van der Waals surface area (Å²) < 4.78 is 14.5. The fourth-order valence-corrected chi connectivity index (χ4v) is 10.2. The topological polar surface area (TPSA) is 58.9 Å². The number of hydrogen-bond donors (Lipinski definition) is 2. The molecule has 0 saturated heterocycles. The standard InChI is InChI=1S/C47H38O4S2/c1-29-23-33(13-17-43(29)50-21-19-48)47(34-14-18-44(30(2)24-34)51-22-20-49)41-25-31(39-27-52-45-9-5-3-7-37(39)45)11-15-35(41)36-16-12-32(26-42(36)47)40-28-53-46-10-6-4-8-38(40)46/h3-18,23-28,48-49H,19-22H2,1-2H3. The number of benzene rings is 6. The van der Waals surface area contributed by atoms with Crippen LogP contribution in [-0.4, -0.2) is 36.6 Å². The normalized spacial score (nSPS) is 13.0. The molecule has 2 aromatic heterocycles. The summed E-state index contributed by atoms with van der Waals surface area (Å²) in [6, 6.07) is 44.3. The zero-order chi connectivity index (χ0) is 36.1. The van der Waals surface area contributed by atoms with Crippen molar-refractivity contribution in [2.45, 2.75) is 19.3 Å². The number of hydrogen-bond acceptors (Lipinski definition) is 6. The van der Waals surface area contributed by atoms with E-state index in [1.165, 1.54) is 64.7 Å². The molecule has 0 aliphatic heterocycles. The molecule has 262 valence electrons. The number of aliphatic hydroxyl groups is 2. The van der Waals surface area contributed by atoms with Crippen LogP contribution < -0.4 is 9.47 Å². The van der Waals surface area contributed by atoms with Gasteiger partial charge in [0.05, 0.1) is 18.6 Å². The van der Waals surface area contributed by atoms with Crippen LogP contribution in [0.5, 0.6) is 11.5 Å². The quantitative estimate of drug-likeness (QED) is 0.147. The molecule has 0 radical (unpaired) electrons. The van der Waals surface area contributed by atoms with Crippen LogP contribution in [-0.2, 0) is 5.41 Å². The molecular weight excluding hydrogens is 693 g/mol. The van der Waals surface area contributed by atoms with Gasteiger partial charge in [0.1, 0.15) is 24.7 Å². The highest BCUT2D eigenvalue weighted by atomic mass is 32.1. The van der Waals surface area contributed by atoms with E-state index in [1.807, 2.05) is 0 Å². The molecule has 4 nitrogen and oxygen atoms in total. The summed E-state index contributed by atoms with van der Waals surface area (Å²) in [5.41, 5.74) is 13.3. The summed E-state index contributed by atoms with van der Waals surface area (Å²) in [5.74, 6) is 1.52. The van der Waals surface area contributed by atoms with Crippen LogP contribution >= 0.6 is 22.7 Å². The van der Waals surface area contributed by atoms with Gasteiger partial charge in [-0.1, -0.05) is 84.9 Å². The average molecular weight is 731 g/mol. The molecule has 6 aromatic carbocycles. The molecule has 0 bridgehead atoms. The van der Waals surface area contributed by atoms with E-state index in [0.717, 1.165) is 33.8 Å². The molecule has 0 unspecified atom stereocenters. The minimum atomic E-state index is -0.700. The molecule has 0 amide bonds. The number of rotatable bonds is 10. The van der Waals surface area contributed by atoms with Crippen LogP contribution in [0.3, 0.4) is 0 Å². The fourth-order valence-electron chi connectivity index (χ4n) is 8.25. The minimum Gasteiger partial charge on any atom is -0.491 e. The van der Waals surface area contributed by atoms with Gasteiger partial charge in [0.2, 0.25) is 0 Å². The van der Waals surface area contributed by atoms with E-state index in [1.54, 1.807) is 22.7 Å². The van der Waals surface area contributed by atoms with Gasteiger partial charge in [-0.15, -0.1) is 22.7 Å². The molecule has 0 saturated carbocycles. The summed E-state index contributed by atoms with van der Waals surface area (Å²) >= 11 is 3.56. The van der Waals surface area contributed by atoms with E-state index in [-0.39, 0.29) is 26.4 Å². The van der Waals surface area contributed by atoms with E-state index in [0.29, 0.717) is 0 Å². The lowest BCUT2D eigenvalue weighted by molar-refractivity contribution is 0.200. The van der Waals surface area contributed by atoms with E-state index in [4.69, 9.17) is 9.47 Å². The molecule has 9 rings (SSSR count). The predicted molar refractivity (Wildman–Crippen MR) is 220 cm³/mol. The van der Waals surface area contributed by atoms with Gasteiger partial charge in [0.15, 0.2) is 0 Å². The Morgan fingerprint density at radius 3 is 1.40 bits per heavy atom. The molecular formula is C47H38O4S2. The molecule has 0 atom stereocenters. The Labute approximate surface area is 317 Å². The fraction of sp³-hybridized carbons (Fsp3) is 0.149. The highest BCUT2D eigenvalue weighted by Gasteiger charge is 2.47. The average Bonchev–Trinajstić information content (AvgIpc) is 3.90. The smallest absolute Gasteiger partial charge is 0.122 e. The van der Waals surface area contributed by atoms with Gasteiger partial charge in [-0.05, 0) is 117 Å². The van der Waals surface area contributed by atoms with Crippen LogP contribution in [0, 0.1) is 13.8 Å². The third kappa shape index (κ3) is 5.48. The van der Waals surface area contributed by atoms with Gasteiger partial charge < -0.3 is 19.7 Å². The molecule has 2 N–H and O–H groups in total. The zero-order valence-electron chi connectivity index (χ0n) is 29.6. The second-order valence-electron chi connectivity index (χ2n) is 13.7. The summed E-state index contributed by atoms with van der Waals surface area (Å²) in [6.07, 6.45) is 0. The molecule has 1 aliphatic carbocycles. The number of thiophene rings is 2. The lowest BCUT2D eigenvalue weighted by atomic mass is 9.66. The van der Waals surface area contributed by atoms with Crippen LogP contribution in [0.2, 0.25) is 0 Å². The minimum absolute atomic E-state index is 0.0457. The highest BCUT2D eigenvalue weighted by molar-refractivity contribution is 7.18. The molecule has 0 fully saturated rings. The Hall–Kier alpha value is -5.24. The maximum absolute atomic E-state index is 9.55. The Bertz CT molecular complexity index is 2470. The van der Waals surface area contributed by atoms with Crippen LogP contribution in [0.4, 0.5) is 0 Å². The van der Waals surface area contributed by atoms with Crippen molar-refractivity contribution in [3.8, 4) is 44.9 Å². The Morgan fingerprint density at radius 1 is 0.509 bits per heavy atom. The molecule has 1 aliphatic rings. The third-order valence-corrected chi connectivity index (χ3v) is 12.6. The first kappa shape index (κ1) is 33.6. The van der Waals surface area contributed by atoms with Gasteiger partial charge >= 0.3 is 0 Å². The maximum Gasteiger partial charge on any atom is 0.122 e. The highest BCUT2D eigenvalue weighted by Crippen LogP contribution is 2.58. The monoisotopic (exact) mass is 730 g/mol. The summed E-state index contributed by atoms with van der Waals surface area (Å²) in [7, 11) is 0. The van der Waals surface area contributed by atoms with Crippen molar-refractivity contribution >= 4 is 42.8 Å². The summed E-state index contributed by atoms with van der Waals surface area (Å²) in [4.78, 5) is 0. The van der Waals surface area contributed by atoms with Crippen LogP contribution in [0.15, 0.2) is 132 Å². The first-order valence-corrected chi connectivity index (χ1v) is 19.7. The largest absolute Gasteiger partial charge is 0.491 e. The van der Waals surface area contributed by atoms with Crippen molar-refractivity contribution in [3.63, 3.8) is 0 Å². The van der Waals surface area contributed by atoms with Gasteiger partial charge in [-0.2, -0.15) is 0 Å². The van der Waals surface area contributed by atoms with E-state index in [9.17, 15) is 10.2 Å². The second-order valence-corrected chi connectivity index (χ2v) is 15.5. The number of aryl methyl sites for hydroxylation is 2. The van der Waals surface area contributed by atoms with Gasteiger partial charge in [0.25, 0.3) is 0 Å². The van der Waals surface area contributed by atoms with Crippen molar-refractivity contribution < 1.29 is 19.7 Å². The Balaban J connectivity index is 1.36. The molecule has 8 aromatic rings. The van der Waals surface area contributed by atoms with E-state index in [2.05, 4.69) is 146 Å². The van der Waals surface area contributed by atoms with Gasteiger partial charge in [-0.3, -0.25) is 0 Å². The summed E-state index contributed by atoms with van der Waals surface area (Å²) in [6.45, 7) is 4.55. The molecule has 0 spiro atoms. The Kier molecular flexibility index (Phi) is 8.64. The van der Waals surface area contributed by atoms with Crippen LogP contribution in [0.1, 0.15) is 33.4 Å². The van der Waals surface area contributed by atoms with Gasteiger partial charge in [0, 0.05) is 31.3 Å². The summed E-state index contributed by atoms with van der Waals surface area (Å²) in [5, 5.41) is 26.2. The lowest BCUT2D eigenvalue weighted by Crippen LogP contribution is -2.29. The molecule has 53 heavy (non-hydrogen) atoms. The molecule has 6 heteroatoms.